The summed E-state index contributed by atoms with van der Waals surface area (Å²) in [5, 5.41) is 0.922. The van der Waals surface area contributed by atoms with Crippen LogP contribution in [0.3, 0.4) is 0 Å². The van der Waals surface area contributed by atoms with E-state index in [0.717, 1.165) is 29.8 Å². The van der Waals surface area contributed by atoms with Gasteiger partial charge in [-0.3, -0.25) is 14.5 Å². The molecule has 1 atom stereocenters. The third kappa shape index (κ3) is 8.27. The smallest absolute Gasteiger partial charge is 0.263 e. The molecule has 270 valence electrons. The number of hydrogen-bond acceptors (Lipinski definition) is 3. The summed E-state index contributed by atoms with van der Waals surface area (Å²) in [6.07, 6.45) is 34.8. The molecule has 0 spiro atoms. The van der Waals surface area contributed by atoms with Crippen molar-refractivity contribution in [2.75, 3.05) is 11.5 Å². The van der Waals surface area contributed by atoms with Crippen LogP contribution in [-0.2, 0) is 4.79 Å². The molecule has 0 aromatic heterocycles. The fourth-order valence-electron chi connectivity index (χ4n) is 10.4. The second kappa shape index (κ2) is 17.8. The van der Waals surface area contributed by atoms with E-state index in [4.69, 9.17) is 15.5 Å². The molecule has 1 unspecified atom stereocenters. The van der Waals surface area contributed by atoms with Crippen LogP contribution in [-0.4, -0.2) is 51.8 Å². The molecule has 3 amide bonds. The topological polar surface area (TPSA) is 66.5 Å². The molecule has 48 heavy (non-hydrogen) atoms. The second-order valence-corrected chi connectivity index (χ2v) is 26.7. The number of rotatable bonds is 17. The Labute approximate surface area is 300 Å². The molecule has 3 saturated carbocycles. The van der Waals surface area contributed by atoms with Gasteiger partial charge in [-0.15, -0.1) is 0 Å². The van der Waals surface area contributed by atoms with Crippen molar-refractivity contribution in [3.05, 3.63) is 29.3 Å². The number of carbonyl (C=O) groups is 3. The number of benzene rings is 1. The van der Waals surface area contributed by atoms with Gasteiger partial charge in [-0.1, -0.05) is 13.0 Å². The zero-order valence-electron chi connectivity index (χ0n) is 30.4. The van der Waals surface area contributed by atoms with E-state index >= 15 is 0 Å². The summed E-state index contributed by atoms with van der Waals surface area (Å²) in [5.41, 5.74) is 4.21. The number of carbonyl (C=O) groups excluding carboxylic acids is 3. The van der Waals surface area contributed by atoms with E-state index in [9.17, 15) is 14.4 Å². The van der Waals surface area contributed by atoms with Crippen LogP contribution in [0.1, 0.15) is 195 Å². The van der Waals surface area contributed by atoms with Crippen LogP contribution in [0.2, 0.25) is 0 Å². The molecule has 0 saturated heterocycles. The molecule has 5 rings (SSSR count). The molecule has 0 bridgehead atoms. The number of amides is 3. The predicted octanol–water partition coefficient (Wildman–Crippen LogP) is 12.4. The SMILES string of the molecule is CCC(C)N1C(=O)c2cccc(NC(=O)CCCCCCCCCCP(Br)(C3CCCCC3)(C3CCCCC3)C3CCCCC3)c2C1=O. The summed E-state index contributed by atoms with van der Waals surface area (Å²) in [7, 11) is 0. The van der Waals surface area contributed by atoms with E-state index in [-0.39, 0.29) is 23.8 Å². The summed E-state index contributed by atoms with van der Waals surface area (Å²) in [5.74, 6) is -0.627. The van der Waals surface area contributed by atoms with Gasteiger partial charge in [-0.05, 0) is 25.5 Å². The van der Waals surface area contributed by atoms with Gasteiger partial charge in [-0.2, -0.15) is 0 Å². The molecule has 3 fully saturated rings. The Hall–Kier alpha value is -1.26. The molecule has 3 aliphatic carbocycles. The minimum absolute atomic E-state index is 0.0735. The molecule has 1 aromatic carbocycles. The Bertz CT molecular complexity index is 1190. The fourth-order valence-corrected chi connectivity index (χ4v) is 23.2. The second-order valence-electron chi connectivity index (χ2n) is 16.1. The Morgan fingerprint density at radius 1 is 0.750 bits per heavy atom. The van der Waals surface area contributed by atoms with Gasteiger partial charge in [0.25, 0.3) is 11.8 Å². The van der Waals surface area contributed by atoms with Crippen LogP contribution >= 0.6 is 20.8 Å². The maximum Gasteiger partial charge on any atom is 0.263 e. The number of hydrogen-bond donors (Lipinski definition) is 1. The summed E-state index contributed by atoms with van der Waals surface area (Å²) < 4.78 is 0. The monoisotopic (exact) mass is 744 g/mol. The van der Waals surface area contributed by atoms with Crippen LogP contribution in [0.4, 0.5) is 5.69 Å². The molecule has 7 heteroatoms. The maximum absolute atomic E-state index is 13.1. The van der Waals surface area contributed by atoms with E-state index in [1.54, 1.807) is 18.2 Å². The van der Waals surface area contributed by atoms with E-state index in [1.165, 1.54) is 146 Å². The zero-order chi connectivity index (χ0) is 34.0. The minimum Gasteiger partial charge on any atom is -0.268 e. The van der Waals surface area contributed by atoms with Crippen molar-refractivity contribution in [2.24, 2.45) is 0 Å². The first-order valence-electron chi connectivity index (χ1n) is 20.3. The van der Waals surface area contributed by atoms with E-state index in [2.05, 4.69) is 5.32 Å². The van der Waals surface area contributed by atoms with Gasteiger partial charge in [-0.25, -0.2) is 0 Å². The Balaban J connectivity index is 1.04. The Morgan fingerprint density at radius 3 is 1.73 bits per heavy atom. The van der Waals surface area contributed by atoms with Crippen molar-refractivity contribution in [3.8, 4) is 0 Å². The maximum atomic E-state index is 13.1. The first-order valence-corrected chi connectivity index (χ1v) is 25.0. The van der Waals surface area contributed by atoms with Crippen molar-refractivity contribution in [2.45, 2.75) is 197 Å². The average Bonchev–Trinajstić information content (AvgIpc) is 3.39. The van der Waals surface area contributed by atoms with Crippen LogP contribution in [0.5, 0.6) is 0 Å². The molecular weight excluding hydrogens is 679 g/mol. The summed E-state index contributed by atoms with van der Waals surface area (Å²) >= 11 is 5.02. The molecule has 4 aliphatic rings. The van der Waals surface area contributed by atoms with Crippen molar-refractivity contribution in [1.29, 1.82) is 0 Å². The third-order valence-corrected chi connectivity index (χ3v) is 27.2. The number of fused-ring (bicyclic) bond motifs is 1. The van der Waals surface area contributed by atoms with E-state index < -0.39 is 5.31 Å². The molecule has 1 aromatic rings. The molecule has 1 aliphatic heterocycles. The van der Waals surface area contributed by atoms with Gasteiger partial charge in [0.2, 0.25) is 0 Å². The first kappa shape index (κ1) is 38.0. The van der Waals surface area contributed by atoms with E-state index in [0.29, 0.717) is 29.7 Å². The van der Waals surface area contributed by atoms with Crippen molar-refractivity contribution < 1.29 is 14.4 Å². The third-order valence-electron chi connectivity index (χ3n) is 13.2. The number of nitrogens with one attached hydrogen (secondary N) is 1. The van der Waals surface area contributed by atoms with Gasteiger partial charge >= 0.3 is 214 Å². The molecule has 1 N–H and O–H groups in total. The van der Waals surface area contributed by atoms with E-state index in [1.807, 2.05) is 13.8 Å². The predicted molar refractivity (Wildman–Crippen MR) is 208 cm³/mol. The van der Waals surface area contributed by atoms with Crippen molar-refractivity contribution >= 4 is 44.2 Å². The molecule has 5 nitrogen and oxygen atoms in total. The minimum atomic E-state index is -2.02. The first-order chi connectivity index (χ1) is 23.3. The summed E-state index contributed by atoms with van der Waals surface area (Å²) in [6, 6.07) is 5.02. The average molecular weight is 746 g/mol. The summed E-state index contributed by atoms with van der Waals surface area (Å²) in [4.78, 5) is 40.1. The van der Waals surface area contributed by atoms with Gasteiger partial charge in [0.15, 0.2) is 0 Å². The largest absolute Gasteiger partial charge is 0.268 e. The van der Waals surface area contributed by atoms with Gasteiger partial charge < -0.3 is 0 Å². The van der Waals surface area contributed by atoms with Crippen molar-refractivity contribution in [1.82, 2.24) is 4.90 Å². The fraction of sp³-hybridized carbons (Fsp3) is 0.780. The number of nitrogens with zero attached hydrogens (tertiary/aromatic N) is 1. The Morgan fingerprint density at radius 2 is 1.23 bits per heavy atom. The zero-order valence-corrected chi connectivity index (χ0v) is 32.9. The van der Waals surface area contributed by atoms with Crippen LogP contribution in [0.15, 0.2) is 18.2 Å². The number of anilines is 1. The normalized spacial score (nSPS) is 21.6. The van der Waals surface area contributed by atoms with Gasteiger partial charge in [0, 0.05) is 6.04 Å². The standard InChI is InChI=1S/C41H66BrN2O3P/c1-3-32(2)44-40(46)36-28-21-29-37(39(36)41(44)47)43-38(45)30-19-8-6-4-5-7-9-20-31-48(42,33-22-13-10-14-23-33,34-24-15-11-16-25-34)35-26-17-12-18-27-35/h21,28-29,32-35H,3-20,22-27,30-31H2,1-2H3,(H,43,45). The van der Waals surface area contributed by atoms with Crippen molar-refractivity contribution in [3.63, 3.8) is 0 Å². The number of imide groups is 1. The van der Waals surface area contributed by atoms with Crippen LogP contribution in [0, 0.1) is 0 Å². The Kier molecular flexibility index (Phi) is 14.1. The summed E-state index contributed by atoms with van der Waals surface area (Å²) in [6.45, 7) is 3.85. The molecule has 0 radical (unpaired) electrons. The quantitative estimate of drug-likeness (QED) is 0.0981. The number of unbranched alkanes of at least 4 members (excludes halogenated alkanes) is 7. The van der Waals surface area contributed by atoms with Gasteiger partial charge in [0.1, 0.15) is 0 Å². The molecular formula is C41H66BrN2O3P. The number of halogens is 1. The van der Waals surface area contributed by atoms with Crippen LogP contribution < -0.4 is 5.32 Å². The molecule has 1 heterocycles. The van der Waals surface area contributed by atoms with Gasteiger partial charge in [0.05, 0.1) is 16.8 Å². The van der Waals surface area contributed by atoms with Crippen LogP contribution in [0.25, 0.3) is 0 Å².